The maximum atomic E-state index is 13.1. The molecule has 4 aromatic rings. The van der Waals surface area contributed by atoms with Crippen LogP contribution >= 0.6 is 0 Å². The van der Waals surface area contributed by atoms with Crippen molar-refractivity contribution in [2.24, 2.45) is 0 Å². The van der Waals surface area contributed by atoms with E-state index in [-0.39, 0.29) is 11.5 Å². The highest BCUT2D eigenvalue weighted by Gasteiger charge is 2.12. The van der Waals surface area contributed by atoms with E-state index < -0.39 is 0 Å². The number of amides is 1. The summed E-state index contributed by atoms with van der Waals surface area (Å²) in [5.41, 5.74) is 3.32. The molecule has 2 aromatic carbocycles. The summed E-state index contributed by atoms with van der Waals surface area (Å²) >= 11 is 0. The Hall–Kier alpha value is -3.80. The Morgan fingerprint density at radius 2 is 1.68 bits per heavy atom. The van der Waals surface area contributed by atoms with Gasteiger partial charge in [0.25, 0.3) is 11.5 Å². The number of benzene rings is 2. The maximum Gasteiger partial charge on any atom is 0.266 e. The molecule has 0 aliphatic rings. The Bertz CT molecular complexity index is 1230. The highest BCUT2D eigenvalue weighted by Crippen LogP contribution is 2.18. The molecule has 0 atom stereocenters. The van der Waals surface area contributed by atoms with E-state index in [4.69, 9.17) is 0 Å². The van der Waals surface area contributed by atoms with Gasteiger partial charge in [-0.15, -0.1) is 0 Å². The zero-order valence-corrected chi connectivity index (χ0v) is 15.5. The summed E-state index contributed by atoms with van der Waals surface area (Å²) in [5.74, 6) is 0.343. The lowest BCUT2D eigenvalue weighted by Crippen LogP contribution is -2.22. The predicted molar refractivity (Wildman–Crippen MR) is 109 cm³/mol. The molecule has 0 saturated carbocycles. The molecule has 0 fully saturated rings. The number of nitrogens with one attached hydrogen (secondary N) is 1. The average molecular weight is 370 g/mol. The normalized spacial score (nSPS) is 10.8. The molecule has 6 nitrogen and oxygen atoms in total. The third kappa shape index (κ3) is 3.27. The van der Waals surface area contributed by atoms with E-state index in [1.165, 1.54) is 0 Å². The zero-order valence-electron chi connectivity index (χ0n) is 15.5. The Morgan fingerprint density at radius 1 is 0.964 bits per heavy atom. The second-order valence-electron chi connectivity index (χ2n) is 6.56. The van der Waals surface area contributed by atoms with Gasteiger partial charge in [-0.05, 0) is 56.3 Å². The van der Waals surface area contributed by atoms with Crippen LogP contribution in [0.25, 0.3) is 16.6 Å². The number of hydrogen-bond acceptors (Lipinski definition) is 4. The summed E-state index contributed by atoms with van der Waals surface area (Å²) in [6.45, 7) is 3.80. The molecule has 2 heterocycles. The van der Waals surface area contributed by atoms with Gasteiger partial charge in [0.1, 0.15) is 5.82 Å². The molecule has 0 unspecified atom stereocenters. The first-order chi connectivity index (χ1) is 13.5. The van der Waals surface area contributed by atoms with E-state index in [1.807, 2.05) is 31.2 Å². The summed E-state index contributed by atoms with van der Waals surface area (Å²) in [7, 11) is 0. The number of nitrogens with zero attached hydrogens (tertiary/aromatic N) is 3. The van der Waals surface area contributed by atoms with E-state index >= 15 is 0 Å². The Labute approximate surface area is 161 Å². The highest BCUT2D eigenvalue weighted by atomic mass is 16.1. The van der Waals surface area contributed by atoms with Crippen molar-refractivity contribution >= 4 is 22.5 Å². The molecule has 0 bridgehead atoms. The van der Waals surface area contributed by atoms with E-state index in [0.29, 0.717) is 28.0 Å². The van der Waals surface area contributed by atoms with E-state index in [2.05, 4.69) is 15.3 Å². The molecule has 28 heavy (non-hydrogen) atoms. The quantitative estimate of drug-likeness (QED) is 0.597. The summed E-state index contributed by atoms with van der Waals surface area (Å²) < 4.78 is 1.58. The average Bonchev–Trinajstić information content (AvgIpc) is 2.70. The van der Waals surface area contributed by atoms with Crippen LogP contribution in [0.15, 0.2) is 71.8 Å². The fourth-order valence-corrected chi connectivity index (χ4v) is 3.08. The minimum absolute atomic E-state index is 0.175. The maximum absolute atomic E-state index is 13.1. The van der Waals surface area contributed by atoms with Crippen molar-refractivity contribution in [3.05, 3.63) is 94.3 Å². The summed E-state index contributed by atoms with van der Waals surface area (Å²) in [6, 6.07) is 16.1. The van der Waals surface area contributed by atoms with Crippen LogP contribution < -0.4 is 10.9 Å². The number of aryl methyl sites for hydroxylation is 2. The van der Waals surface area contributed by atoms with Crippen molar-refractivity contribution < 1.29 is 4.79 Å². The van der Waals surface area contributed by atoms with Crippen LogP contribution in [0.5, 0.6) is 0 Å². The van der Waals surface area contributed by atoms with Crippen molar-refractivity contribution in [2.75, 3.05) is 5.32 Å². The number of fused-ring (bicyclic) bond motifs is 1. The molecule has 138 valence electrons. The lowest BCUT2D eigenvalue weighted by atomic mass is 10.2. The Morgan fingerprint density at radius 3 is 2.39 bits per heavy atom. The number of hydrogen-bond donors (Lipinski definition) is 1. The van der Waals surface area contributed by atoms with Crippen LogP contribution in [0.1, 0.15) is 21.7 Å². The number of carbonyl (C=O) groups is 1. The molecular formula is C22H18N4O2. The largest absolute Gasteiger partial charge is 0.322 e. The zero-order chi connectivity index (χ0) is 19.7. The summed E-state index contributed by atoms with van der Waals surface area (Å²) in [5, 5.41) is 3.26. The number of pyridine rings is 1. The summed E-state index contributed by atoms with van der Waals surface area (Å²) in [6.07, 6.45) is 3.12. The first kappa shape index (κ1) is 17.6. The van der Waals surface area contributed by atoms with Crippen LogP contribution in [-0.4, -0.2) is 20.4 Å². The molecule has 1 N–H and O–H groups in total. The Kier molecular flexibility index (Phi) is 4.45. The SMILES string of the molecule is Cc1ccc(-n2c(C)nc3ccc(NC(=O)c4ccncc4)cc3c2=O)cc1. The van der Waals surface area contributed by atoms with Gasteiger partial charge in [0.05, 0.1) is 16.6 Å². The van der Waals surface area contributed by atoms with Crippen molar-refractivity contribution in [1.82, 2.24) is 14.5 Å². The van der Waals surface area contributed by atoms with Gasteiger partial charge in [-0.1, -0.05) is 17.7 Å². The van der Waals surface area contributed by atoms with Crippen molar-refractivity contribution in [1.29, 1.82) is 0 Å². The first-order valence-corrected chi connectivity index (χ1v) is 8.85. The molecule has 6 heteroatoms. The van der Waals surface area contributed by atoms with Gasteiger partial charge in [0.2, 0.25) is 0 Å². The predicted octanol–water partition coefficient (Wildman–Crippen LogP) is 3.65. The van der Waals surface area contributed by atoms with Gasteiger partial charge in [-0.2, -0.15) is 0 Å². The lowest BCUT2D eigenvalue weighted by Gasteiger charge is -2.12. The minimum atomic E-state index is -0.263. The molecule has 0 aliphatic carbocycles. The van der Waals surface area contributed by atoms with E-state index in [1.54, 1.807) is 54.2 Å². The number of carbonyl (C=O) groups excluding carboxylic acids is 1. The van der Waals surface area contributed by atoms with Gasteiger partial charge in [0.15, 0.2) is 0 Å². The smallest absolute Gasteiger partial charge is 0.266 e. The number of anilines is 1. The molecule has 4 rings (SSSR count). The second kappa shape index (κ2) is 7.08. The molecule has 0 spiro atoms. The molecule has 0 radical (unpaired) electrons. The second-order valence-corrected chi connectivity index (χ2v) is 6.56. The van der Waals surface area contributed by atoms with Gasteiger partial charge in [-0.3, -0.25) is 19.1 Å². The minimum Gasteiger partial charge on any atom is -0.322 e. The van der Waals surface area contributed by atoms with Crippen LogP contribution in [0.3, 0.4) is 0 Å². The monoisotopic (exact) mass is 370 g/mol. The highest BCUT2D eigenvalue weighted by molar-refractivity contribution is 6.04. The molecule has 0 saturated heterocycles. The van der Waals surface area contributed by atoms with Gasteiger partial charge >= 0.3 is 0 Å². The van der Waals surface area contributed by atoms with Crippen LogP contribution in [0.2, 0.25) is 0 Å². The lowest BCUT2D eigenvalue weighted by molar-refractivity contribution is 0.102. The van der Waals surface area contributed by atoms with Crippen LogP contribution in [0.4, 0.5) is 5.69 Å². The molecule has 0 aliphatic heterocycles. The topological polar surface area (TPSA) is 76.9 Å². The molecule has 2 aromatic heterocycles. The van der Waals surface area contributed by atoms with Gasteiger partial charge in [-0.25, -0.2) is 4.98 Å². The fraction of sp³-hybridized carbons (Fsp3) is 0.0909. The van der Waals surface area contributed by atoms with Gasteiger partial charge in [0, 0.05) is 23.6 Å². The third-order valence-electron chi connectivity index (χ3n) is 4.53. The fourth-order valence-electron chi connectivity index (χ4n) is 3.08. The van der Waals surface area contributed by atoms with Crippen LogP contribution in [-0.2, 0) is 0 Å². The number of aromatic nitrogens is 3. The van der Waals surface area contributed by atoms with Crippen molar-refractivity contribution in [3.63, 3.8) is 0 Å². The van der Waals surface area contributed by atoms with E-state index in [0.717, 1.165) is 11.3 Å². The molecular weight excluding hydrogens is 352 g/mol. The van der Waals surface area contributed by atoms with Gasteiger partial charge < -0.3 is 5.32 Å². The third-order valence-corrected chi connectivity index (χ3v) is 4.53. The first-order valence-electron chi connectivity index (χ1n) is 8.85. The van der Waals surface area contributed by atoms with Crippen molar-refractivity contribution in [3.8, 4) is 5.69 Å². The van der Waals surface area contributed by atoms with E-state index in [9.17, 15) is 9.59 Å². The van der Waals surface area contributed by atoms with Crippen molar-refractivity contribution in [2.45, 2.75) is 13.8 Å². The Balaban J connectivity index is 1.77. The standard InChI is InChI=1S/C22H18N4O2/c1-14-3-6-18(7-4-14)26-15(2)24-20-8-5-17(13-19(20)22(26)28)25-21(27)16-9-11-23-12-10-16/h3-13H,1-2H3,(H,25,27). The number of rotatable bonds is 3. The summed E-state index contributed by atoms with van der Waals surface area (Å²) in [4.78, 5) is 34.0. The van der Waals surface area contributed by atoms with Crippen LogP contribution in [0, 0.1) is 13.8 Å². The molecule has 1 amide bonds.